The topological polar surface area (TPSA) is 57.7 Å². The number of piperidine rings is 1. The first kappa shape index (κ1) is 21.5. The zero-order chi connectivity index (χ0) is 21.0. The van der Waals surface area contributed by atoms with E-state index >= 15 is 0 Å². The van der Waals surface area contributed by atoms with Crippen LogP contribution < -0.4 is 4.90 Å². The Morgan fingerprint density at radius 3 is 2.24 bits per heavy atom. The van der Waals surface area contributed by atoms with Crippen molar-refractivity contribution in [2.24, 2.45) is 0 Å². The Kier molecular flexibility index (Phi) is 6.75. The number of hydrogen-bond donors (Lipinski definition) is 0. The van der Waals surface area contributed by atoms with Crippen LogP contribution in [0, 0.1) is 13.8 Å². The fraction of sp³-hybridized carbons (Fsp3) is 0.435. The largest absolute Gasteiger partial charge is 0.315 e. The highest BCUT2D eigenvalue weighted by Gasteiger charge is 2.25. The predicted molar refractivity (Wildman–Crippen MR) is 117 cm³/mol. The van der Waals surface area contributed by atoms with Crippen LogP contribution in [0.1, 0.15) is 42.4 Å². The highest BCUT2D eigenvalue weighted by Crippen LogP contribution is 2.22. The summed E-state index contributed by atoms with van der Waals surface area (Å²) in [6.45, 7) is 5.29. The van der Waals surface area contributed by atoms with E-state index in [2.05, 4.69) is 6.92 Å². The molecule has 0 aliphatic carbocycles. The summed E-state index contributed by atoms with van der Waals surface area (Å²) in [6, 6.07) is 13.0. The second-order valence-corrected chi connectivity index (χ2v) is 9.77. The van der Waals surface area contributed by atoms with E-state index in [4.69, 9.17) is 0 Å². The SMILES string of the molecule is Cc1ccc(N(C)C(=O)CCc2ccc(S(=O)(=O)N3CCCCC3)cc2)cc1C. The minimum absolute atomic E-state index is 0.0401. The maximum atomic E-state index is 12.7. The molecule has 0 radical (unpaired) electrons. The average molecular weight is 415 g/mol. The van der Waals surface area contributed by atoms with Crippen molar-refractivity contribution in [3.05, 3.63) is 59.2 Å². The number of amides is 1. The maximum Gasteiger partial charge on any atom is 0.243 e. The molecule has 1 amide bonds. The monoisotopic (exact) mass is 414 g/mol. The third kappa shape index (κ3) is 5.06. The zero-order valence-electron chi connectivity index (χ0n) is 17.5. The summed E-state index contributed by atoms with van der Waals surface area (Å²) in [4.78, 5) is 14.6. The van der Waals surface area contributed by atoms with Gasteiger partial charge >= 0.3 is 0 Å². The summed E-state index contributed by atoms with van der Waals surface area (Å²) in [5.74, 6) is 0.0401. The van der Waals surface area contributed by atoms with E-state index in [1.54, 1.807) is 28.4 Å². The van der Waals surface area contributed by atoms with E-state index in [1.165, 1.54) is 5.56 Å². The lowest BCUT2D eigenvalue weighted by atomic mass is 10.1. The summed E-state index contributed by atoms with van der Waals surface area (Å²) in [6.07, 6.45) is 3.90. The Hall–Kier alpha value is -2.18. The normalized spacial score (nSPS) is 15.3. The molecule has 1 saturated heterocycles. The van der Waals surface area contributed by atoms with Gasteiger partial charge in [0.25, 0.3) is 0 Å². The van der Waals surface area contributed by atoms with Gasteiger partial charge in [-0.2, -0.15) is 4.31 Å². The zero-order valence-corrected chi connectivity index (χ0v) is 18.3. The van der Waals surface area contributed by atoms with Crippen molar-refractivity contribution < 1.29 is 13.2 Å². The predicted octanol–water partition coefficient (Wildman–Crippen LogP) is 4.07. The number of nitrogens with zero attached hydrogens (tertiary/aromatic N) is 2. The molecule has 0 aromatic heterocycles. The van der Waals surface area contributed by atoms with Crippen LogP contribution in [0.15, 0.2) is 47.4 Å². The molecule has 2 aromatic rings. The Balaban J connectivity index is 1.61. The first-order chi connectivity index (χ1) is 13.8. The Morgan fingerprint density at radius 2 is 1.62 bits per heavy atom. The second-order valence-electron chi connectivity index (χ2n) is 7.83. The number of carbonyl (C=O) groups excluding carboxylic acids is 1. The van der Waals surface area contributed by atoms with Gasteiger partial charge in [-0.1, -0.05) is 24.6 Å². The first-order valence-electron chi connectivity index (χ1n) is 10.2. The number of sulfonamides is 1. The molecule has 0 atom stereocenters. The summed E-state index contributed by atoms with van der Waals surface area (Å²) < 4.78 is 27.0. The molecule has 1 aliphatic rings. The average Bonchev–Trinajstić information content (AvgIpc) is 2.74. The van der Waals surface area contributed by atoms with Gasteiger partial charge in [-0.05, 0) is 74.1 Å². The van der Waals surface area contributed by atoms with Crippen LogP contribution in [0.3, 0.4) is 0 Å². The van der Waals surface area contributed by atoms with Gasteiger partial charge in [0.05, 0.1) is 4.90 Å². The lowest BCUT2D eigenvalue weighted by Crippen LogP contribution is -2.35. The van der Waals surface area contributed by atoms with E-state index < -0.39 is 10.0 Å². The van der Waals surface area contributed by atoms with Crippen LogP contribution >= 0.6 is 0 Å². The number of carbonyl (C=O) groups is 1. The van der Waals surface area contributed by atoms with Crippen LogP contribution in [0.5, 0.6) is 0 Å². The molecule has 0 bridgehead atoms. The smallest absolute Gasteiger partial charge is 0.243 e. The number of benzene rings is 2. The lowest BCUT2D eigenvalue weighted by molar-refractivity contribution is -0.118. The van der Waals surface area contributed by atoms with Gasteiger partial charge in [-0.3, -0.25) is 4.79 Å². The molecule has 0 saturated carbocycles. The molecule has 3 rings (SSSR count). The highest BCUT2D eigenvalue weighted by molar-refractivity contribution is 7.89. The molecule has 5 nitrogen and oxygen atoms in total. The minimum atomic E-state index is -3.41. The molecule has 0 unspecified atom stereocenters. The molecule has 2 aromatic carbocycles. The van der Waals surface area contributed by atoms with Gasteiger partial charge in [-0.15, -0.1) is 0 Å². The van der Waals surface area contributed by atoms with E-state index in [1.807, 2.05) is 37.3 Å². The molecule has 1 aliphatic heterocycles. The molecule has 6 heteroatoms. The standard InChI is InChI=1S/C23H30N2O3S/c1-18-7-11-21(17-19(18)2)24(3)23(26)14-10-20-8-12-22(13-9-20)29(27,28)25-15-5-4-6-16-25/h7-9,11-13,17H,4-6,10,14-16H2,1-3H3. The van der Waals surface area contributed by atoms with Gasteiger partial charge in [0.1, 0.15) is 0 Å². The van der Waals surface area contributed by atoms with Crippen molar-refractivity contribution in [1.82, 2.24) is 4.31 Å². The van der Waals surface area contributed by atoms with Crippen LogP contribution in [-0.2, 0) is 21.2 Å². The molecule has 29 heavy (non-hydrogen) atoms. The molecule has 1 heterocycles. The molecular formula is C23H30N2O3S. The van der Waals surface area contributed by atoms with Crippen molar-refractivity contribution in [3.63, 3.8) is 0 Å². The van der Waals surface area contributed by atoms with Gasteiger partial charge < -0.3 is 4.90 Å². The Morgan fingerprint density at radius 1 is 0.966 bits per heavy atom. The van der Waals surface area contributed by atoms with Crippen molar-refractivity contribution >= 4 is 21.6 Å². The fourth-order valence-corrected chi connectivity index (χ4v) is 5.10. The van der Waals surface area contributed by atoms with Crippen LogP contribution in [0.25, 0.3) is 0 Å². The number of hydrogen-bond acceptors (Lipinski definition) is 3. The Labute approximate surface area is 174 Å². The maximum absolute atomic E-state index is 12.7. The van der Waals surface area contributed by atoms with Crippen LogP contribution in [0.2, 0.25) is 0 Å². The third-order valence-electron chi connectivity index (χ3n) is 5.76. The molecule has 1 fully saturated rings. The number of anilines is 1. The lowest BCUT2D eigenvalue weighted by Gasteiger charge is -2.25. The third-order valence-corrected chi connectivity index (χ3v) is 7.67. The van der Waals surface area contributed by atoms with Crippen molar-refractivity contribution in [1.29, 1.82) is 0 Å². The quantitative estimate of drug-likeness (QED) is 0.716. The number of rotatable bonds is 6. The Bertz CT molecular complexity index is 962. The fourth-order valence-electron chi connectivity index (χ4n) is 3.58. The molecular weight excluding hydrogens is 384 g/mol. The molecule has 156 valence electrons. The van der Waals surface area contributed by atoms with Crippen molar-refractivity contribution in [2.75, 3.05) is 25.0 Å². The van der Waals surface area contributed by atoms with Gasteiger partial charge in [0.2, 0.25) is 15.9 Å². The van der Waals surface area contributed by atoms with Crippen LogP contribution in [0.4, 0.5) is 5.69 Å². The molecule has 0 N–H and O–H groups in total. The summed E-state index contributed by atoms with van der Waals surface area (Å²) in [5.41, 5.74) is 4.22. The van der Waals surface area contributed by atoms with E-state index in [0.717, 1.165) is 36.1 Å². The minimum Gasteiger partial charge on any atom is -0.315 e. The van der Waals surface area contributed by atoms with E-state index in [-0.39, 0.29) is 5.91 Å². The van der Waals surface area contributed by atoms with Gasteiger partial charge in [0, 0.05) is 32.2 Å². The van der Waals surface area contributed by atoms with Crippen LogP contribution in [-0.4, -0.2) is 38.8 Å². The highest BCUT2D eigenvalue weighted by atomic mass is 32.2. The van der Waals surface area contributed by atoms with E-state index in [9.17, 15) is 13.2 Å². The number of aryl methyl sites for hydroxylation is 3. The summed E-state index contributed by atoms with van der Waals surface area (Å²) in [7, 11) is -1.62. The van der Waals surface area contributed by atoms with E-state index in [0.29, 0.717) is 30.8 Å². The second kappa shape index (κ2) is 9.09. The summed E-state index contributed by atoms with van der Waals surface area (Å²) in [5, 5.41) is 0. The first-order valence-corrected chi connectivity index (χ1v) is 11.7. The van der Waals surface area contributed by atoms with Crippen molar-refractivity contribution in [2.45, 2.75) is 50.8 Å². The summed E-state index contributed by atoms with van der Waals surface area (Å²) >= 11 is 0. The molecule has 0 spiro atoms. The van der Waals surface area contributed by atoms with Crippen molar-refractivity contribution in [3.8, 4) is 0 Å². The van der Waals surface area contributed by atoms with Gasteiger partial charge in [0.15, 0.2) is 0 Å². The van der Waals surface area contributed by atoms with Gasteiger partial charge in [-0.25, -0.2) is 8.42 Å².